The number of aliphatic carboxylic acids is 1. The summed E-state index contributed by atoms with van der Waals surface area (Å²) in [5.41, 5.74) is 1.74. The lowest BCUT2D eigenvalue weighted by Gasteiger charge is -2.29. The number of hydrazine groups is 1. The van der Waals surface area contributed by atoms with Gasteiger partial charge >= 0.3 is 12.1 Å². The van der Waals surface area contributed by atoms with E-state index in [1.165, 1.54) is 5.01 Å². The molecule has 2 rings (SSSR count). The van der Waals surface area contributed by atoms with E-state index in [0.717, 1.165) is 0 Å². The van der Waals surface area contributed by atoms with E-state index in [9.17, 15) is 19.5 Å². The monoisotopic (exact) mass is 310 g/mol. The normalized spacial score (nSPS) is 30.9. The second kappa shape index (κ2) is 5.62. The number of nitrogens with zero attached hydrogens (tertiary/aromatic N) is 1. The smallest absolute Gasteiger partial charge is 0.426 e. The Morgan fingerprint density at radius 1 is 1.36 bits per heavy atom. The molecule has 7 nitrogen and oxygen atoms in total. The van der Waals surface area contributed by atoms with E-state index >= 15 is 0 Å². The Labute approximate surface area is 129 Å². The maximum Gasteiger partial charge on any atom is 0.426 e. The first-order valence-electron chi connectivity index (χ1n) is 7.32. The highest BCUT2D eigenvalue weighted by molar-refractivity contribution is 5.89. The number of fused-ring (bicyclic) bond motifs is 1. The van der Waals surface area contributed by atoms with Crippen molar-refractivity contribution in [2.75, 3.05) is 6.54 Å². The minimum atomic E-state index is -0.987. The van der Waals surface area contributed by atoms with Crippen LogP contribution in [0.5, 0.6) is 0 Å². The summed E-state index contributed by atoms with van der Waals surface area (Å²) in [6.45, 7) is 7.22. The molecule has 2 aliphatic rings. The van der Waals surface area contributed by atoms with Crippen molar-refractivity contribution in [1.29, 1.82) is 0 Å². The van der Waals surface area contributed by atoms with Crippen LogP contribution < -0.4 is 5.43 Å². The SMILES string of the molecule is C[C@@H]1C=C[C@@H]2CN(NC(=O)OC(C)(C)C)C(=O)[C@@H]2[C@@H]1C(=O)O. The minimum Gasteiger partial charge on any atom is -0.481 e. The summed E-state index contributed by atoms with van der Waals surface area (Å²) >= 11 is 0. The molecule has 1 fully saturated rings. The molecule has 0 aromatic carbocycles. The summed E-state index contributed by atoms with van der Waals surface area (Å²) in [6, 6.07) is 0. The molecule has 0 aromatic rings. The Hall–Kier alpha value is -2.05. The van der Waals surface area contributed by atoms with Gasteiger partial charge in [0.25, 0.3) is 0 Å². The first-order valence-corrected chi connectivity index (χ1v) is 7.32. The van der Waals surface area contributed by atoms with Gasteiger partial charge in [-0.2, -0.15) is 0 Å². The molecule has 0 spiro atoms. The van der Waals surface area contributed by atoms with E-state index in [1.807, 2.05) is 12.2 Å². The molecule has 2 N–H and O–H groups in total. The number of ether oxygens (including phenoxy) is 1. The van der Waals surface area contributed by atoms with Gasteiger partial charge in [0.15, 0.2) is 0 Å². The quantitative estimate of drug-likeness (QED) is 0.752. The number of rotatable bonds is 2. The average molecular weight is 310 g/mol. The Morgan fingerprint density at radius 2 is 2.00 bits per heavy atom. The summed E-state index contributed by atoms with van der Waals surface area (Å²) in [5.74, 6) is -3.21. The lowest BCUT2D eigenvalue weighted by Crippen LogP contribution is -2.47. The van der Waals surface area contributed by atoms with Gasteiger partial charge in [-0.25, -0.2) is 10.2 Å². The maximum atomic E-state index is 12.5. The molecular weight excluding hydrogens is 288 g/mol. The maximum absolute atomic E-state index is 12.5. The van der Waals surface area contributed by atoms with Crippen LogP contribution >= 0.6 is 0 Å². The number of hydrogen-bond acceptors (Lipinski definition) is 4. The fraction of sp³-hybridized carbons (Fsp3) is 0.667. The van der Waals surface area contributed by atoms with Gasteiger partial charge < -0.3 is 9.84 Å². The molecule has 0 unspecified atom stereocenters. The van der Waals surface area contributed by atoms with Crippen molar-refractivity contribution in [1.82, 2.24) is 10.4 Å². The molecule has 1 aliphatic carbocycles. The molecule has 2 amide bonds. The minimum absolute atomic E-state index is 0.209. The second-order valence-corrected chi connectivity index (χ2v) is 6.86. The van der Waals surface area contributed by atoms with Crippen LogP contribution in [0, 0.1) is 23.7 Å². The Kier molecular flexibility index (Phi) is 4.17. The van der Waals surface area contributed by atoms with Crippen molar-refractivity contribution in [2.24, 2.45) is 23.7 Å². The topological polar surface area (TPSA) is 95.9 Å². The average Bonchev–Trinajstić information content (AvgIpc) is 2.64. The van der Waals surface area contributed by atoms with Crippen LogP contribution in [-0.4, -0.2) is 40.2 Å². The Morgan fingerprint density at radius 3 is 2.55 bits per heavy atom. The summed E-state index contributed by atoms with van der Waals surface area (Å²) in [5, 5.41) is 10.5. The molecule has 1 aliphatic heterocycles. The molecule has 4 atom stereocenters. The standard InChI is InChI=1S/C15H22N2O5/c1-8-5-6-9-7-17(16-14(21)22-15(2,3)4)12(18)11(9)10(8)13(19)20/h5-6,8-11H,7H2,1-4H3,(H,16,21)(H,19,20)/t8-,9-,10-,11+/m1/s1. The van der Waals surface area contributed by atoms with Crippen LogP contribution in [0.25, 0.3) is 0 Å². The number of allylic oxidation sites excluding steroid dienone is 1. The largest absolute Gasteiger partial charge is 0.481 e. The van der Waals surface area contributed by atoms with E-state index in [-0.39, 0.29) is 24.3 Å². The third kappa shape index (κ3) is 3.23. The highest BCUT2D eigenvalue weighted by Crippen LogP contribution is 2.39. The third-order valence-corrected chi connectivity index (χ3v) is 3.93. The zero-order valence-electron chi connectivity index (χ0n) is 13.2. The molecule has 1 saturated heterocycles. The molecule has 0 bridgehead atoms. The van der Waals surface area contributed by atoms with E-state index in [1.54, 1.807) is 27.7 Å². The first-order chi connectivity index (χ1) is 10.1. The molecule has 0 aromatic heterocycles. The number of carboxylic acid groups (broad SMARTS) is 1. The molecule has 7 heteroatoms. The highest BCUT2D eigenvalue weighted by Gasteiger charge is 2.50. The predicted octanol–water partition coefficient (Wildman–Crippen LogP) is 1.41. The Balaban J connectivity index is 2.10. The van der Waals surface area contributed by atoms with Gasteiger partial charge in [0.05, 0.1) is 11.8 Å². The first kappa shape index (κ1) is 16.3. The summed E-state index contributed by atoms with van der Waals surface area (Å²) in [7, 11) is 0. The Bertz CT molecular complexity index is 523. The van der Waals surface area contributed by atoms with E-state index in [2.05, 4.69) is 5.43 Å². The van der Waals surface area contributed by atoms with Crippen LogP contribution in [0.3, 0.4) is 0 Å². The zero-order valence-corrected chi connectivity index (χ0v) is 13.2. The fourth-order valence-corrected chi connectivity index (χ4v) is 3.03. The number of hydrogen-bond donors (Lipinski definition) is 2. The van der Waals surface area contributed by atoms with E-state index in [4.69, 9.17) is 4.74 Å². The van der Waals surface area contributed by atoms with Crippen molar-refractivity contribution < 1.29 is 24.2 Å². The highest BCUT2D eigenvalue weighted by atomic mass is 16.6. The molecule has 1 heterocycles. The van der Waals surface area contributed by atoms with Crippen LogP contribution in [0.2, 0.25) is 0 Å². The number of amides is 2. The van der Waals surface area contributed by atoms with Gasteiger partial charge in [-0.15, -0.1) is 0 Å². The van der Waals surface area contributed by atoms with E-state index < -0.39 is 29.5 Å². The van der Waals surface area contributed by atoms with Gasteiger partial charge in [-0.3, -0.25) is 14.6 Å². The lowest BCUT2D eigenvalue weighted by atomic mass is 9.72. The van der Waals surface area contributed by atoms with Gasteiger partial charge in [0, 0.05) is 12.5 Å². The van der Waals surface area contributed by atoms with Crippen LogP contribution in [0.15, 0.2) is 12.2 Å². The van der Waals surface area contributed by atoms with Gasteiger partial charge in [-0.05, 0) is 26.7 Å². The van der Waals surface area contributed by atoms with Crippen molar-refractivity contribution in [3.63, 3.8) is 0 Å². The number of nitrogens with one attached hydrogen (secondary N) is 1. The van der Waals surface area contributed by atoms with Gasteiger partial charge in [-0.1, -0.05) is 19.1 Å². The second-order valence-electron chi connectivity index (χ2n) is 6.86. The van der Waals surface area contributed by atoms with Crippen molar-refractivity contribution in [3.8, 4) is 0 Å². The van der Waals surface area contributed by atoms with Crippen LogP contribution in [0.1, 0.15) is 27.7 Å². The third-order valence-electron chi connectivity index (χ3n) is 3.93. The zero-order chi connectivity index (χ0) is 16.7. The lowest BCUT2D eigenvalue weighted by molar-refractivity contribution is -0.150. The van der Waals surface area contributed by atoms with Gasteiger partial charge in [0.2, 0.25) is 5.91 Å². The summed E-state index contributed by atoms with van der Waals surface area (Å²) in [6.07, 6.45) is 2.97. The number of carbonyl (C=O) groups is 3. The van der Waals surface area contributed by atoms with Crippen LogP contribution in [-0.2, 0) is 14.3 Å². The molecule has 0 saturated carbocycles. The number of carboxylic acids is 1. The molecular formula is C15H22N2O5. The van der Waals surface area contributed by atoms with Crippen molar-refractivity contribution in [3.05, 3.63) is 12.2 Å². The van der Waals surface area contributed by atoms with Crippen LogP contribution in [0.4, 0.5) is 4.79 Å². The summed E-state index contributed by atoms with van der Waals surface area (Å²) < 4.78 is 5.12. The molecule has 122 valence electrons. The molecule has 22 heavy (non-hydrogen) atoms. The van der Waals surface area contributed by atoms with Crippen molar-refractivity contribution in [2.45, 2.75) is 33.3 Å². The summed E-state index contributed by atoms with van der Waals surface area (Å²) in [4.78, 5) is 35.7. The fourth-order valence-electron chi connectivity index (χ4n) is 3.03. The van der Waals surface area contributed by atoms with E-state index in [0.29, 0.717) is 0 Å². The van der Waals surface area contributed by atoms with Gasteiger partial charge in [0.1, 0.15) is 5.60 Å². The van der Waals surface area contributed by atoms with Crippen molar-refractivity contribution >= 4 is 18.0 Å². The molecule has 0 radical (unpaired) electrons. The number of carbonyl (C=O) groups excluding carboxylic acids is 2. The predicted molar refractivity (Wildman–Crippen MR) is 77.5 cm³/mol.